The highest BCUT2D eigenvalue weighted by molar-refractivity contribution is 5.74. The number of urea groups is 1. The van der Waals surface area contributed by atoms with Gasteiger partial charge in [-0.05, 0) is 18.9 Å². The van der Waals surface area contributed by atoms with E-state index in [1.807, 2.05) is 35.2 Å². The van der Waals surface area contributed by atoms with Crippen LogP contribution < -0.4 is 5.32 Å². The molecule has 0 saturated carbocycles. The number of rotatable bonds is 4. The molecule has 2 rings (SSSR count). The van der Waals surface area contributed by atoms with Gasteiger partial charge in [0.2, 0.25) is 0 Å². The van der Waals surface area contributed by atoms with E-state index in [-0.39, 0.29) is 6.03 Å². The van der Waals surface area contributed by atoms with Crippen molar-refractivity contribution < 1.29 is 4.79 Å². The molecule has 20 heavy (non-hydrogen) atoms. The molecule has 0 aromatic heterocycles. The number of benzene rings is 1. The fourth-order valence-corrected chi connectivity index (χ4v) is 2.51. The molecule has 4 nitrogen and oxygen atoms in total. The second kappa shape index (κ2) is 7.29. The quantitative estimate of drug-likeness (QED) is 0.915. The van der Waals surface area contributed by atoms with Crippen LogP contribution in [0.4, 0.5) is 4.79 Å². The lowest BCUT2D eigenvalue weighted by atomic mass is 10.2. The van der Waals surface area contributed by atoms with Crippen LogP contribution in [-0.2, 0) is 6.54 Å². The smallest absolute Gasteiger partial charge is 0.317 e. The van der Waals surface area contributed by atoms with Crippen molar-refractivity contribution in [3.8, 4) is 0 Å². The highest BCUT2D eigenvalue weighted by Crippen LogP contribution is 2.09. The van der Waals surface area contributed by atoms with E-state index in [4.69, 9.17) is 0 Å². The van der Waals surface area contributed by atoms with Crippen LogP contribution in [-0.4, -0.2) is 48.1 Å². The van der Waals surface area contributed by atoms with Crippen molar-refractivity contribution in [2.75, 3.05) is 26.2 Å². The molecule has 4 heteroatoms. The first-order valence-corrected chi connectivity index (χ1v) is 7.51. The lowest BCUT2D eigenvalue weighted by Crippen LogP contribution is -2.53. The van der Waals surface area contributed by atoms with E-state index in [2.05, 4.69) is 24.1 Å². The molecule has 110 valence electrons. The Morgan fingerprint density at radius 1 is 1.20 bits per heavy atom. The Morgan fingerprint density at radius 2 is 1.85 bits per heavy atom. The zero-order valence-corrected chi connectivity index (χ0v) is 12.5. The Kier molecular flexibility index (Phi) is 5.41. The third-order valence-electron chi connectivity index (χ3n) is 4.10. The van der Waals surface area contributed by atoms with E-state index >= 15 is 0 Å². The second-order valence-electron chi connectivity index (χ2n) is 5.42. The number of carbonyl (C=O) groups is 1. The minimum atomic E-state index is 0.0534. The normalized spacial score (nSPS) is 17.8. The first kappa shape index (κ1) is 14.9. The number of amides is 2. The fraction of sp³-hybridized carbons (Fsp3) is 0.562. The van der Waals surface area contributed by atoms with Gasteiger partial charge in [-0.2, -0.15) is 0 Å². The van der Waals surface area contributed by atoms with Crippen molar-refractivity contribution in [2.24, 2.45) is 0 Å². The minimum Gasteiger partial charge on any atom is -0.334 e. The Labute approximate surface area is 121 Å². The SMILES string of the molecule is CCC(C)N1CCN(C(=O)NCc2ccccc2)CC1. The lowest BCUT2D eigenvalue weighted by Gasteiger charge is -2.37. The Hall–Kier alpha value is -1.55. The van der Waals surface area contributed by atoms with Gasteiger partial charge in [-0.1, -0.05) is 37.3 Å². The van der Waals surface area contributed by atoms with E-state index in [9.17, 15) is 4.79 Å². The molecule has 0 bridgehead atoms. The summed E-state index contributed by atoms with van der Waals surface area (Å²) in [6, 6.07) is 10.7. The topological polar surface area (TPSA) is 35.6 Å². The molecule has 0 spiro atoms. The van der Waals surface area contributed by atoms with Gasteiger partial charge in [0.05, 0.1) is 0 Å². The monoisotopic (exact) mass is 275 g/mol. The van der Waals surface area contributed by atoms with Gasteiger partial charge in [-0.25, -0.2) is 4.79 Å². The van der Waals surface area contributed by atoms with Gasteiger partial charge in [0.25, 0.3) is 0 Å². The van der Waals surface area contributed by atoms with Crippen LogP contribution >= 0.6 is 0 Å². The van der Waals surface area contributed by atoms with E-state index in [1.165, 1.54) is 6.42 Å². The maximum atomic E-state index is 12.1. The first-order valence-electron chi connectivity index (χ1n) is 7.51. The average molecular weight is 275 g/mol. The molecule has 1 aliphatic rings. The van der Waals surface area contributed by atoms with Crippen LogP contribution in [0, 0.1) is 0 Å². The summed E-state index contributed by atoms with van der Waals surface area (Å²) in [5.41, 5.74) is 1.14. The molecule has 1 aromatic rings. The summed E-state index contributed by atoms with van der Waals surface area (Å²) < 4.78 is 0. The molecule has 1 aromatic carbocycles. The molecule has 1 saturated heterocycles. The Bertz CT molecular complexity index is 413. The standard InChI is InChI=1S/C16H25N3O/c1-3-14(2)18-9-11-19(12-10-18)16(20)17-13-15-7-5-4-6-8-15/h4-8,14H,3,9-13H2,1-2H3,(H,17,20). The highest BCUT2D eigenvalue weighted by atomic mass is 16.2. The number of carbonyl (C=O) groups excluding carboxylic acids is 1. The van der Waals surface area contributed by atoms with E-state index in [0.29, 0.717) is 12.6 Å². The van der Waals surface area contributed by atoms with Crippen LogP contribution in [0.2, 0.25) is 0 Å². The molecule has 0 radical (unpaired) electrons. The third-order valence-corrected chi connectivity index (χ3v) is 4.10. The molecule has 1 heterocycles. The van der Waals surface area contributed by atoms with Gasteiger partial charge < -0.3 is 10.2 Å². The number of hydrogen-bond acceptors (Lipinski definition) is 2. The van der Waals surface area contributed by atoms with Gasteiger partial charge in [-0.15, -0.1) is 0 Å². The molecule has 0 aliphatic carbocycles. The van der Waals surface area contributed by atoms with Crippen LogP contribution in [0.1, 0.15) is 25.8 Å². The number of nitrogens with zero attached hydrogens (tertiary/aromatic N) is 2. The van der Waals surface area contributed by atoms with Crippen molar-refractivity contribution >= 4 is 6.03 Å². The molecule has 1 unspecified atom stereocenters. The first-order chi connectivity index (χ1) is 9.70. The second-order valence-corrected chi connectivity index (χ2v) is 5.42. The summed E-state index contributed by atoms with van der Waals surface area (Å²) in [6.45, 7) is 8.68. The zero-order chi connectivity index (χ0) is 14.4. The lowest BCUT2D eigenvalue weighted by molar-refractivity contribution is 0.112. The van der Waals surface area contributed by atoms with Crippen LogP contribution in [0.3, 0.4) is 0 Å². The highest BCUT2D eigenvalue weighted by Gasteiger charge is 2.22. The molecular formula is C16H25N3O. The van der Waals surface area contributed by atoms with E-state index < -0.39 is 0 Å². The summed E-state index contributed by atoms with van der Waals surface area (Å²) in [5, 5.41) is 3.00. The number of hydrogen-bond donors (Lipinski definition) is 1. The van der Waals surface area contributed by atoms with Crippen molar-refractivity contribution in [3.63, 3.8) is 0 Å². The minimum absolute atomic E-state index is 0.0534. The van der Waals surface area contributed by atoms with Crippen molar-refractivity contribution in [3.05, 3.63) is 35.9 Å². The van der Waals surface area contributed by atoms with Crippen molar-refractivity contribution in [2.45, 2.75) is 32.9 Å². The van der Waals surface area contributed by atoms with Gasteiger partial charge in [0.15, 0.2) is 0 Å². The van der Waals surface area contributed by atoms with Crippen LogP contribution in [0.25, 0.3) is 0 Å². The molecule has 1 atom stereocenters. The molecule has 1 N–H and O–H groups in total. The van der Waals surface area contributed by atoms with Crippen LogP contribution in [0.5, 0.6) is 0 Å². The van der Waals surface area contributed by atoms with Crippen molar-refractivity contribution in [1.29, 1.82) is 0 Å². The summed E-state index contributed by atoms with van der Waals surface area (Å²) in [7, 11) is 0. The fourth-order valence-electron chi connectivity index (χ4n) is 2.51. The van der Waals surface area contributed by atoms with Gasteiger partial charge in [-0.3, -0.25) is 4.90 Å². The predicted molar refractivity (Wildman–Crippen MR) is 81.6 cm³/mol. The number of piperazine rings is 1. The maximum Gasteiger partial charge on any atom is 0.317 e. The summed E-state index contributed by atoms with van der Waals surface area (Å²) in [5.74, 6) is 0. The summed E-state index contributed by atoms with van der Waals surface area (Å²) in [4.78, 5) is 16.5. The third kappa shape index (κ3) is 3.97. The van der Waals surface area contributed by atoms with E-state index in [1.54, 1.807) is 0 Å². The molecule has 2 amide bonds. The summed E-state index contributed by atoms with van der Waals surface area (Å²) >= 11 is 0. The average Bonchev–Trinajstić information content (AvgIpc) is 2.53. The van der Waals surface area contributed by atoms with Gasteiger partial charge >= 0.3 is 6.03 Å². The summed E-state index contributed by atoms with van der Waals surface area (Å²) in [6.07, 6.45) is 1.17. The van der Waals surface area contributed by atoms with Crippen molar-refractivity contribution in [1.82, 2.24) is 15.1 Å². The van der Waals surface area contributed by atoms with Gasteiger partial charge in [0.1, 0.15) is 0 Å². The van der Waals surface area contributed by atoms with Gasteiger partial charge in [0, 0.05) is 38.8 Å². The zero-order valence-electron chi connectivity index (χ0n) is 12.5. The molecular weight excluding hydrogens is 250 g/mol. The largest absolute Gasteiger partial charge is 0.334 e. The maximum absolute atomic E-state index is 12.1. The molecule has 1 aliphatic heterocycles. The molecule has 1 fully saturated rings. The van der Waals surface area contributed by atoms with E-state index in [0.717, 1.165) is 31.7 Å². The predicted octanol–water partition coefficient (Wildman–Crippen LogP) is 2.31. The van der Waals surface area contributed by atoms with Crippen LogP contribution in [0.15, 0.2) is 30.3 Å². The number of nitrogens with one attached hydrogen (secondary N) is 1. The Morgan fingerprint density at radius 3 is 2.45 bits per heavy atom. The Balaban J connectivity index is 1.75.